The number of rotatable bonds is 6. The maximum absolute atomic E-state index is 12.9. The summed E-state index contributed by atoms with van der Waals surface area (Å²) in [6.07, 6.45) is -1.62. The van der Waals surface area contributed by atoms with Gasteiger partial charge >= 0.3 is 11.9 Å². The first-order valence-electron chi connectivity index (χ1n) is 8.97. The van der Waals surface area contributed by atoms with Gasteiger partial charge < -0.3 is 9.47 Å². The molecule has 162 valence electrons. The van der Waals surface area contributed by atoms with Gasteiger partial charge in [-0.3, -0.25) is 15.1 Å². The van der Waals surface area contributed by atoms with Crippen molar-refractivity contribution >= 4 is 17.3 Å². The minimum Gasteiger partial charge on any atom is -0.493 e. The molecule has 0 bridgehead atoms. The Morgan fingerprint density at radius 1 is 1.12 bits per heavy atom. The van der Waals surface area contributed by atoms with Crippen molar-refractivity contribution in [2.24, 2.45) is 0 Å². The van der Waals surface area contributed by atoms with Gasteiger partial charge in [0.2, 0.25) is 5.75 Å². The zero-order valence-electron chi connectivity index (χ0n) is 16.5. The fourth-order valence-corrected chi connectivity index (χ4v) is 2.75. The summed E-state index contributed by atoms with van der Waals surface area (Å²) in [5.41, 5.74) is -0.692. The first-order chi connectivity index (χ1) is 15.2. The first kappa shape index (κ1) is 22.3. The number of alkyl halides is 3. The quantitative estimate of drug-likeness (QED) is 0.269. The van der Waals surface area contributed by atoms with Crippen molar-refractivity contribution in [2.45, 2.75) is 6.18 Å². The lowest BCUT2D eigenvalue weighted by atomic mass is 10.1. The maximum Gasteiger partial charge on any atom is 0.416 e. The van der Waals surface area contributed by atoms with Crippen molar-refractivity contribution in [3.8, 4) is 23.3 Å². The molecule has 10 heteroatoms. The molecule has 0 saturated heterocycles. The van der Waals surface area contributed by atoms with Crippen molar-refractivity contribution in [3.63, 3.8) is 0 Å². The van der Waals surface area contributed by atoms with Gasteiger partial charge in [-0.1, -0.05) is 12.1 Å². The van der Waals surface area contributed by atoms with E-state index in [1.54, 1.807) is 36.5 Å². The highest BCUT2D eigenvalue weighted by atomic mass is 19.4. The van der Waals surface area contributed by atoms with Crippen LogP contribution in [0.5, 0.6) is 17.2 Å². The number of ether oxygens (including phenoxy) is 2. The summed E-state index contributed by atoms with van der Waals surface area (Å²) in [4.78, 5) is 14.4. The van der Waals surface area contributed by atoms with Crippen LogP contribution in [0, 0.1) is 21.4 Å². The molecule has 32 heavy (non-hydrogen) atoms. The molecule has 1 aromatic heterocycles. The summed E-state index contributed by atoms with van der Waals surface area (Å²) >= 11 is 0. The van der Waals surface area contributed by atoms with Gasteiger partial charge in [0.05, 0.1) is 28.9 Å². The zero-order valence-corrected chi connectivity index (χ0v) is 16.5. The molecule has 1 heterocycles. The van der Waals surface area contributed by atoms with E-state index in [4.69, 9.17) is 9.47 Å². The molecule has 3 aromatic rings. The van der Waals surface area contributed by atoms with Crippen LogP contribution in [-0.4, -0.2) is 17.0 Å². The second-order valence-corrected chi connectivity index (χ2v) is 6.33. The lowest BCUT2D eigenvalue weighted by Gasteiger charge is -2.13. The topological polar surface area (TPSA) is 98.3 Å². The number of pyridine rings is 1. The largest absolute Gasteiger partial charge is 0.493 e. The molecule has 0 aliphatic carbocycles. The van der Waals surface area contributed by atoms with Crippen LogP contribution in [0.4, 0.5) is 18.9 Å². The van der Waals surface area contributed by atoms with Crippen LogP contribution < -0.4 is 9.47 Å². The Morgan fingerprint density at radius 3 is 2.47 bits per heavy atom. The van der Waals surface area contributed by atoms with Gasteiger partial charge in [0.1, 0.15) is 6.07 Å². The van der Waals surface area contributed by atoms with Crippen molar-refractivity contribution in [1.29, 1.82) is 5.26 Å². The van der Waals surface area contributed by atoms with Gasteiger partial charge in [-0.2, -0.15) is 18.4 Å². The summed E-state index contributed by atoms with van der Waals surface area (Å²) in [6, 6.07) is 13.7. The fourth-order valence-electron chi connectivity index (χ4n) is 2.75. The molecule has 0 radical (unpaired) electrons. The molecule has 0 saturated carbocycles. The molecule has 0 amide bonds. The SMILES string of the molecule is COc1cc(/C=C(\C#N)c2ccccn2)ccc1Oc1ccc(C(F)(F)F)cc1[N+](=O)[O-]. The molecule has 0 aliphatic heterocycles. The predicted octanol–water partition coefficient (Wildman–Crippen LogP) is 5.87. The Morgan fingerprint density at radius 2 is 1.88 bits per heavy atom. The highest BCUT2D eigenvalue weighted by Crippen LogP contribution is 2.40. The van der Waals surface area contributed by atoms with Gasteiger partial charge in [0, 0.05) is 12.3 Å². The minimum atomic E-state index is -4.74. The van der Waals surface area contributed by atoms with Crippen LogP contribution in [0.25, 0.3) is 11.6 Å². The number of nitro groups is 1. The molecule has 0 N–H and O–H groups in total. The van der Waals surface area contributed by atoms with Crippen LogP contribution in [-0.2, 0) is 6.18 Å². The molecular weight excluding hydrogens is 427 g/mol. The highest BCUT2D eigenvalue weighted by Gasteiger charge is 2.33. The number of allylic oxidation sites excluding steroid dienone is 1. The van der Waals surface area contributed by atoms with E-state index in [1.165, 1.54) is 19.2 Å². The smallest absolute Gasteiger partial charge is 0.416 e. The number of methoxy groups -OCH3 is 1. The van der Waals surface area contributed by atoms with E-state index in [-0.39, 0.29) is 17.2 Å². The number of nitriles is 1. The molecule has 0 spiro atoms. The van der Waals surface area contributed by atoms with Crippen LogP contribution in [0.3, 0.4) is 0 Å². The first-order valence-corrected chi connectivity index (χ1v) is 8.97. The Bertz CT molecular complexity index is 1220. The number of nitrogens with zero attached hydrogens (tertiary/aromatic N) is 3. The van der Waals surface area contributed by atoms with Crippen LogP contribution in [0.1, 0.15) is 16.8 Å². The summed E-state index contributed by atoms with van der Waals surface area (Å²) in [6.45, 7) is 0. The Hall–Kier alpha value is -4.39. The average molecular weight is 441 g/mol. The van der Waals surface area contributed by atoms with Crippen LogP contribution in [0.15, 0.2) is 60.8 Å². The van der Waals surface area contributed by atoms with E-state index in [9.17, 15) is 28.5 Å². The van der Waals surface area contributed by atoms with Crippen LogP contribution in [0.2, 0.25) is 0 Å². The van der Waals surface area contributed by atoms with Crippen molar-refractivity contribution in [1.82, 2.24) is 4.98 Å². The molecule has 7 nitrogen and oxygen atoms in total. The van der Waals surface area contributed by atoms with Gasteiger partial charge in [0.15, 0.2) is 11.5 Å². The standard InChI is InChI=1S/C22H14F3N3O4/c1-31-21-11-14(10-15(13-26)17-4-2-3-9-27-17)5-7-20(21)32-19-8-6-16(22(23,24)25)12-18(19)28(29)30/h2-12H,1H3/b15-10+. The van der Waals surface area contributed by atoms with Gasteiger partial charge in [-0.05, 0) is 48.0 Å². The van der Waals surface area contributed by atoms with E-state index >= 15 is 0 Å². The highest BCUT2D eigenvalue weighted by molar-refractivity contribution is 5.88. The molecule has 2 aromatic carbocycles. The summed E-state index contributed by atoms with van der Waals surface area (Å²) < 4.78 is 49.4. The molecule has 3 rings (SSSR count). The van der Waals surface area contributed by atoms with Crippen LogP contribution >= 0.6 is 0 Å². The Balaban J connectivity index is 1.96. The van der Waals surface area contributed by atoms with E-state index in [1.807, 2.05) is 0 Å². The Kier molecular flexibility index (Phi) is 6.39. The molecule has 0 fully saturated rings. The third-order valence-corrected chi connectivity index (χ3v) is 4.26. The minimum absolute atomic E-state index is 0.0452. The maximum atomic E-state index is 12.9. The number of halogens is 3. The third kappa shape index (κ3) is 5.02. The molecule has 0 aliphatic rings. The lowest BCUT2D eigenvalue weighted by molar-refractivity contribution is -0.385. The second-order valence-electron chi connectivity index (χ2n) is 6.33. The number of aromatic nitrogens is 1. The second kappa shape index (κ2) is 9.18. The van der Waals surface area contributed by atoms with Crippen molar-refractivity contribution in [3.05, 3.63) is 87.7 Å². The normalized spacial score (nSPS) is 11.5. The summed E-state index contributed by atoms with van der Waals surface area (Å²) in [7, 11) is 1.33. The molecule has 0 atom stereocenters. The zero-order chi connectivity index (χ0) is 23.3. The van der Waals surface area contributed by atoms with E-state index in [0.717, 1.165) is 6.07 Å². The average Bonchev–Trinajstić information content (AvgIpc) is 2.78. The van der Waals surface area contributed by atoms with E-state index in [0.29, 0.717) is 29.0 Å². The number of nitro benzene ring substituents is 1. The Labute approximate surface area is 180 Å². The van der Waals surface area contributed by atoms with Gasteiger partial charge in [0.25, 0.3) is 0 Å². The summed E-state index contributed by atoms with van der Waals surface area (Å²) in [5.74, 6) is -0.175. The number of hydrogen-bond donors (Lipinski definition) is 0. The van der Waals surface area contributed by atoms with Gasteiger partial charge in [-0.25, -0.2) is 0 Å². The lowest BCUT2D eigenvalue weighted by Crippen LogP contribution is -2.06. The van der Waals surface area contributed by atoms with Crippen molar-refractivity contribution in [2.75, 3.05) is 7.11 Å². The molecule has 0 unspecified atom stereocenters. The van der Waals surface area contributed by atoms with Crippen molar-refractivity contribution < 1.29 is 27.6 Å². The summed E-state index contributed by atoms with van der Waals surface area (Å²) in [5, 5.41) is 20.7. The molecular formula is C22H14F3N3O4. The monoisotopic (exact) mass is 441 g/mol. The van der Waals surface area contributed by atoms with E-state index in [2.05, 4.69) is 11.1 Å². The predicted molar refractivity (Wildman–Crippen MR) is 109 cm³/mol. The number of benzene rings is 2. The van der Waals surface area contributed by atoms with Gasteiger partial charge in [-0.15, -0.1) is 0 Å². The third-order valence-electron chi connectivity index (χ3n) is 4.26. The van der Waals surface area contributed by atoms with E-state index < -0.39 is 22.4 Å². The number of hydrogen-bond acceptors (Lipinski definition) is 6. The fraction of sp³-hybridized carbons (Fsp3) is 0.0909.